The van der Waals surface area contributed by atoms with Crippen LogP contribution in [0.2, 0.25) is 0 Å². The second kappa shape index (κ2) is 9.83. The summed E-state index contributed by atoms with van der Waals surface area (Å²) in [7, 11) is 3.55. The van der Waals surface area contributed by atoms with E-state index in [9.17, 15) is 4.79 Å². The first-order chi connectivity index (χ1) is 11.0. The second-order valence-electron chi connectivity index (χ2n) is 5.84. The molecule has 0 aromatic heterocycles. The van der Waals surface area contributed by atoms with Crippen molar-refractivity contribution in [3.05, 3.63) is 35.4 Å². The Morgan fingerprint density at radius 1 is 1.25 bits per heavy atom. The molecular weight excluding hydrogens is 419 g/mol. The van der Waals surface area contributed by atoms with E-state index in [1.54, 1.807) is 7.05 Å². The maximum atomic E-state index is 12.6. The van der Waals surface area contributed by atoms with Crippen molar-refractivity contribution in [2.45, 2.75) is 32.6 Å². The maximum Gasteiger partial charge on any atom is 0.254 e. The number of hydrogen-bond acceptors (Lipinski definition) is 3. The molecule has 1 amide bonds. The third-order valence-electron chi connectivity index (χ3n) is 3.83. The Hall–Kier alpha value is -1.35. The number of rotatable bonds is 3. The molecule has 2 N–H and O–H groups in total. The molecule has 2 atom stereocenters. The minimum absolute atomic E-state index is 0. The Morgan fingerprint density at radius 2 is 1.83 bits per heavy atom. The number of guanidine groups is 1. The summed E-state index contributed by atoms with van der Waals surface area (Å²) in [5.74, 6) is 0.805. The molecule has 2 unspecified atom stereocenters. The summed E-state index contributed by atoms with van der Waals surface area (Å²) in [5, 5.41) is 6.16. The highest BCUT2D eigenvalue weighted by molar-refractivity contribution is 14.0. The first-order valence-corrected chi connectivity index (χ1v) is 7.95. The lowest BCUT2D eigenvalue weighted by Crippen LogP contribution is -2.48. The Balaban J connectivity index is 0.00000288. The lowest BCUT2D eigenvalue weighted by molar-refractivity contribution is -0.0586. The minimum Gasteiger partial charge on any atom is -0.372 e. The molecule has 1 aromatic carbocycles. The van der Waals surface area contributed by atoms with Gasteiger partial charge < -0.3 is 20.3 Å². The molecule has 0 spiro atoms. The van der Waals surface area contributed by atoms with E-state index < -0.39 is 0 Å². The number of carbonyl (C=O) groups excluding carboxylic acids is 1. The highest BCUT2D eigenvalue weighted by Gasteiger charge is 2.26. The summed E-state index contributed by atoms with van der Waals surface area (Å²) < 4.78 is 5.68. The maximum absolute atomic E-state index is 12.6. The van der Waals surface area contributed by atoms with Gasteiger partial charge in [0.1, 0.15) is 0 Å². The van der Waals surface area contributed by atoms with Gasteiger partial charge in [0, 0.05) is 39.3 Å². The molecule has 24 heavy (non-hydrogen) atoms. The van der Waals surface area contributed by atoms with Crippen LogP contribution >= 0.6 is 24.0 Å². The van der Waals surface area contributed by atoms with Crippen molar-refractivity contribution in [1.29, 1.82) is 0 Å². The topological polar surface area (TPSA) is 66.0 Å². The third kappa shape index (κ3) is 5.62. The van der Waals surface area contributed by atoms with E-state index in [2.05, 4.69) is 15.6 Å². The molecule has 2 rings (SSSR count). The first kappa shape index (κ1) is 20.7. The van der Waals surface area contributed by atoms with Crippen molar-refractivity contribution in [1.82, 2.24) is 15.5 Å². The molecule has 1 saturated heterocycles. The monoisotopic (exact) mass is 446 g/mol. The van der Waals surface area contributed by atoms with Gasteiger partial charge in [-0.2, -0.15) is 0 Å². The largest absolute Gasteiger partial charge is 0.372 e. The van der Waals surface area contributed by atoms with Crippen LogP contribution in [-0.2, 0) is 11.3 Å². The van der Waals surface area contributed by atoms with E-state index in [1.807, 2.05) is 50.1 Å². The van der Waals surface area contributed by atoms with Crippen LogP contribution in [0.4, 0.5) is 0 Å². The minimum atomic E-state index is 0. The average molecular weight is 446 g/mol. The zero-order chi connectivity index (χ0) is 16.8. The predicted octanol–water partition coefficient (Wildman–Crippen LogP) is 1.85. The molecular formula is C17H27IN4O2. The summed E-state index contributed by atoms with van der Waals surface area (Å²) >= 11 is 0. The van der Waals surface area contributed by atoms with Gasteiger partial charge in [-0.15, -0.1) is 24.0 Å². The van der Waals surface area contributed by atoms with E-state index in [4.69, 9.17) is 4.74 Å². The number of benzene rings is 1. The summed E-state index contributed by atoms with van der Waals surface area (Å²) in [6, 6.07) is 7.70. The fraction of sp³-hybridized carbons (Fsp3) is 0.529. The zero-order valence-corrected chi connectivity index (χ0v) is 17.0. The highest BCUT2D eigenvalue weighted by atomic mass is 127. The van der Waals surface area contributed by atoms with Crippen molar-refractivity contribution in [2.75, 3.05) is 27.2 Å². The molecule has 0 radical (unpaired) electrons. The number of amides is 1. The normalized spacial score (nSPS) is 21.0. The van der Waals surface area contributed by atoms with Crippen LogP contribution < -0.4 is 10.6 Å². The second-order valence-corrected chi connectivity index (χ2v) is 5.84. The van der Waals surface area contributed by atoms with Crippen LogP contribution in [0, 0.1) is 0 Å². The fourth-order valence-corrected chi connectivity index (χ4v) is 2.76. The van der Waals surface area contributed by atoms with Gasteiger partial charge in [-0.05, 0) is 31.5 Å². The Kier molecular flexibility index (Phi) is 8.47. The van der Waals surface area contributed by atoms with Crippen LogP contribution in [0.1, 0.15) is 29.8 Å². The summed E-state index contributed by atoms with van der Waals surface area (Å²) in [5.41, 5.74) is 1.81. The molecule has 1 heterocycles. The third-order valence-corrected chi connectivity index (χ3v) is 3.83. The number of morpholine rings is 1. The Labute approximate surface area is 161 Å². The van der Waals surface area contributed by atoms with Crippen LogP contribution in [0.25, 0.3) is 0 Å². The van der Waals surface area contributed by atoms with E-state index in [1.165, 1.54) is 0 Å². The molecule has 1 aliphatic heterocycles. The lowest BCUT2D eigenvalue weighted by atomic mass is 10.1. The van der Waals surface area contributed by atoms with Crippen molar-refractivity contribution >= 4 is 35.8 Å². The molecule has 6 nitrogen and oxygen atoms in total. The highest BCUT2D eigenvalue weighted by Crippen LogP contribution is 2.15. The van der Waals surface area contributed by atoms with Crippen LogP contribution in [0.3, 0.4) is 0 Å². The van der Waals surface area contributed by atoms with Gasteiger partial charge in [0.05, 0.1) is 12.2 Å². The molecule has 1 aliphatic rings. The van der Waals surface area contributed by atoms with E-state index in [0.29, 0.717) is 25.2 Å². The van der Waals surface area contributed by atoms with Crippen LogP contribution in [-0.4, -0.2) is 56.2 Å². The zero-order valence-electron chi connectivity index (χ0n) is 14.7. The van der Waals surface area contributed by atoms with Gasteiger partial charge in [-0.25, -0.2) is 0 Å². The lowest BCUT2D eigenvalue weighted by Gasteiger charge is -2.35. The fourth-order valence-electron chi connectivity index (χ4n) is 2.76. The van der Waals surface area contributed by atoms with Gasteiger partial charge in [0.2, 0.25) is 0 Å². The van der Waals surface area contributed by atoms with E-state index >= 15 is 0 Å². The van der Waals surface area contributed by atoms with Crippen LogP contribution in [0.5, 0.6) is 0 Å². The van der Waals surface area contributed by atoms with Gasteiger partial charge in [-0.3, -0.25) is 9.79 Å². The number of aliphatic imine (C=N–C) groups is 1. The molecule has 134 valence electrons. The number of carbonyl (C=O) groups is 1. The quantitative estimate of drug-likeness (QED) is 0.423. The predicted molar refractivity (Wildman–Crippen MR) is 107 cm³/mol. The van der Waals surface area contributed by atoms with Crippen LogP contribution in [0.15, 0.2) is 29.3 Å². The Bertz CT molecular complexity index is 552. The van der Waals surface area contributed by atoms with E-state index in [-0.39, 0.29) is 42.1 Å². The Morgan fingerprint density at radius 3 is 2.33 bits per heavy atom. The molecule has 0 aliphatic carbocycles. The SMILES string of the molecule is CN=C(NC)NCc1ccc(C(=O)N2CC(C)OC(C)C2)cc1.I. The van der Waals surface area contributed by atoms with Crippen molar-refractivity contribution < 1.29 is 9.53 Å². The molecule has 1 aromatic rings. The van der Waals surface area contributed by atoms with Gasteiger partial charge in [0.25, 0.3) is 5.91 Å². The molecule has 0 saturated carbocycles. The average Bonchev–Trinajstić information content (AvgIpc) is 2.55. The number of hydrogen-bond donors (Lipinski definition) is 2. The standard InChI is InChI=1S/C17H26N4O2.HI/c1-12-10-21(11-13(2)23-12)16(22)15-7-5-14(6-8-15)9-20-17(18-3)19-4;/h5-8,12-13H,9-11H2,1-4H3,(H2,18,19,20);1H. The van der Waals surface area contributed by atoms with Crippen molar-refractivity contribution in [2.24, 2.45) is 4.99 Å². The van der Waals surface area contributed by atoms with Gasteiger partial charge in [-0.1, -0.05) is 12.1 Å². The molecule has 7 heteroatoms. The number of ether oxygens (including phenoxy) is 1. The van der Waals surface area contributed by atoms with Crippen molar-refractivity contribution in [3.63, 3.8) is 0 Å². The summed E-state index contributed by atoms with van der Waals surface area (Å²) in [6.45, 7) is 5.95. The summed E-state index contributed by atoms with van der Waals surface area (Å²) in [6.07, 6.45) is 0.166. The first-order valence-electron chi connectivity index (χ1n) is 7.95. The number of halogens is 1. The van der Waals surface area contributed by atoms with Gasteiger partial charge in [0.15, 0.2) is 5.96 Å². The number of nitrogens with zero attached hydrogens (tertiary/aromatic N) is 2. The molecule has 0 bridgehead atoms. The van der Waals surface area contributed by atoms with E-state index in [0.717, 1.165) is 11.5 Å². The van der Waals surface area contributed by atoms with Gasteiger partial charge >= 0.3 is 0 Å². The number of nitrogens with one attached hydrogen (secondary N) is 2. The molecule has 1 fully saturated rings. The smallest absolute Gasteiger partial charge is 0.254 e. The summed E-state index contributed by atoms with van der Waals surface area (Å²) in [4.78, 5) is 18.5. The van der Waals surface area contributed by atoms with Crippen molar-refractivity contribution in [3.8, 4) is 0 Å².